The van der Waals surface area contributed by atoms with Crippen LogP contribution in [-0.4, -0.2) is 37.2 Å². The van der Waals surface area contributed by atoms with Crippen molar-refractivity contribution in [1.29, 1.82) is 0 Å². The summed E-state index contributed by atoms with van der Waals surface area (Å²) in [4.78, 5) is 22.8. The molecule has 0 aromatic heterocycles. The predicted molar refractivity (Wildman–Crippen MR) is 83.7 cm³/mol. The van der Waals surface area contributed by atoms with Crippen LogP contribution in [0, 0.1) is 5.92 Å². The van der Waals surface area contributed by atoms with Crippen molar-refractivity contribution in [1.82, 2.24) is 5.32 Å². The second kappa shape index (κ2) is 7.56. The SMILES string of the molecule is COCC(=O)NCC(Cc1cccc2ccccc12)C(=O)O. The molecule has 0 saturated heterocycles. The van der Waals surface area contributed by atoms with E-state index in [1.807, 2.05) is 42.5 Å². The Morgan fingerprint density at radius 3 is 2.64 bits per heavy atom. The van der Waals surface area contributed by atoms with Crippen LogP contribution in [0.2, 0.25) is 0 Å². The van der Waals surface area contributed by atoms with Crippen LogP contribution in [-0.2, 0) is 20.7 Å². The molecule has 0 aliphatic carbocycles. The van der Waals surface area contributed by atoms with Crippen LogP contribution in [0.3, 0.4) is 0 Å². The lowest BCUT2D eigenvalue weighted by atomic mass is 9.95. The highest BCUT2D eigenvalue weighted by Gasteiger charge is 2.19. The molecule has 1 amide bonds. The first-order valence-corrected chi connectivity index (χ1v) is 7.07. The summed E-state index contributed by atoms with van der Waals surface area (Å²) in [6.07, 6.45) is 0.365. The van der Waals surface area contributed by atoms with Crippen molar-refractivity contribution in [3.63, 3.8) is 0 Å². The van der Waals surface area contributed by atoms with E-state index in [0.717, 1.165) is 16.3 Å². The molecule has 0 saturated carbocycles. The molecule has 0 aliphatic rings. The quantitative estimate of drug-likeness (QED) is 0.818. The summed E-state index contributed by atoms with van der Waals surface area (Å²) < 4.78 is 4.71. The molecule has 0 heterocycles. The number of amides is 1. The van der Waals surface area contributed by atoms with Gasteiger partial charge >= 0.3 is 5.97 Å². The Morgan fingerprint density at radius 2 is 1.91 bits per heavy atom. The van der Waals surface area contributed by atoms with Crippen molar-refractivity contribution in [2.75, 3.05) is 20.3 Å². The van der Waals surface area contributed by atoms with E-state index in [4.69, 9.17) is 4.74 Å². The summed E-state index contributed by atoms with van der Waals surface area (Å²) in [5, 5.41) is 14.1. The zero-order valence-corrected chi connectivity index (χ0v) is 12.4. The Hall–Kier alpha value is -2.40. The highest BCUT2D eigenvalue weighted by atomic mass is 16.5. The summed E-state index contributed by atoms with van der Waals surface area (Å²) in [6.45, 7) is 0.0152. The fourth-order valence-electron chi connectivity index (χ4n) is 2.40. The van der Waals surface area contributed by atoms with E-state index < -0.39 is 11.9 Å². The van der Waals surface area contributed by atoms with Gasteiger partial charge in [-0.1, -0.05) is 42.5 Å². The molecule has 5 nitrogen and oxygen atoms in total. The number of benzene rings is 2. The maximum absolute atomic E-state index is 11.4. The minimum absolute atomic E-state index is 0.0688. The molecule has 1 atom stereocenters. The van der Waals surface area contributed by atoms with Crippen molar-refractivity contribution < 1.29 is 19.4 Å². The molecule has 0 aliphatic heterocycles. The second-order valence-electron chi connectivity index (χ2n) is 5.11. The van der Waals surface area contributed by atoms with Crippen LogP contribution >= 0.6 is 0 Å². The Bertz CT molecular complexity index is 663. The summed E-state index contributed by atoms with van der Waals surface area (Å²) in [6, 6.07) is 13.7. The van der Waals surface area contributed by atoms with Gasteiger partial charge in [0.15, 0.2) is 0 Å². The normalized spacial score (nSPS) is 12.0. The third-order valence-electron chi connectivity index (χ3n) is 3.52. The van der Waals surface area contributed by atoms with Gasteiger partial charge in [0.25, 0.3) is 0 Å². The molecule has 116 valence electrons. The fraction of sp³-hybridized carbons (Fsp3) is 0.294. The standard InChI is InChI=1S/C17H19NO4/c1-22-11-16(19)18-10-14(17(20)21)9-13-7-4-6-12-5-2-3-8-15(12)13/h2-8,14H,9-11H2,1H3,(H,18,19)(H,20,21). The highest BCUT2D eigenvalue weighted by Crippen LogP contribution is 2.21. The first-order chi connectivity index (χ1) is 10.6. The van der Waals surface area contributed by atoms with Gasteiger partial charge in [0.2, 0.25) is 5.91 Å². The first-order valence-electron chi connectivity index (χ1n) is 7.07. The lowest BCUT2D eigenvalue weighted by Gasteiger charge is -2.15. The molecule has 2 aromatic carbocycles. The molecule has 5 heteroatoms. The monoisotopic (exact) mass is 301 g/mol. The minimum atomic E-state index is -0.925. The largest absolute Gasteiger partial charge is 0.481 e. The third kappa shape index (κ3) is 4.05. The summed E-state index contributed by atoms with van der Waals surface area (Å²) in [7, 11) is 1.42. The van der Waals surface area contributed by atoms with E-state index in [-0.39, 0.29) is 19.1 Å². The number of hydrogen-bond donors (Lipinski definition) is 2. The Morgan fingerprint density at radius 1 is 1.18 bits per heavy atom. The van der Waals surface area contributed by atoms with Gasteiger partial charge in [-0.3, -0.25) is 9.59 Å². The van der Waals surface area contributed by atoms with Gasteiger partial charge in [0, 0.05) is 13.7 Å². The molecule has 0 spiro atoms. The van der Waals surface area contributed by atoms with Crippen molar-refractivity contribution >= 4 is 22.6 Å². The zero-order chi connectivity index (χ0) is 15.9. The van der Waals surface area contributed by atoms with Crippen molar-refractivity contribution in [2.45, 2.75) is 6.42 Å². The Kier molecular flexibility index (Phi) is 5.49. The molecule has 22 heavy (non-hydrogen) atoms. The van der Waals surface area contributed by atoms with Crippen LogP contribution in [0.25, 0.3) is 10.8 Å². The number of nitrogens with one attached hydrogen (secondary N) is 1. The van der Waals surface area contributed by atoms with E-state index in [0.29, 0.717) is 6.42 Å². The molecular formula is C17H19NO4. The molecule has 1 unspecified atom stereocenters. The number of fused-ring (bicyclic) bond motifs is 1. The predicted octanol–water partition coefficient (Wildman–Crippen LogP) is 1.85. The average Bonchev–Trinajstić information content (AvgIpc) is 2.51. The van der Waals surface area contributed by atoms with Gasteiger partial charge in [-0.2, -0.15) is 0 Å². The van der Waals surface area contributed by atoms with Crippen LogP contribution in [0.4, 0.5) is 0 Å². The van der Waals surface area contributed by atoms with E-state index in [2.05, 4.69) is 5.32 Å². The molecule has 2 aromatic rings. The lowest BCUT2D eigenvalue weighted by molar-refractivity contribution is -0.141. The maximum atomic E-state index is 11.4. The van der Waals surface area contributed by atoms with Gasteiger partial charge in [0.1, 0.15) is 6.61 Å². The lowest BCUT2D eigenvalue weighted by Crippen LogP contribution is -2.35. The minimum Gasteiger partial charge on any atom is -0.481 e. The summed E-state index contributed by atoms with van der Waals surface area (Å²) in [5.41, 5.74) is 0.964. The Balaban J connectivity index is 2.13. The highest BCUT2D eigenvalue weighted by molar-refractivity contribution is 5.86. The van der Waals surface area contributed by atoms with Crippen LogP contribution in [0.1, 0.15) is 5.56 Å². The van der Waals surface area contributed by atoms with E-state index in [9.17, 15) is 14.7 Å². The Labute approximate surface area is 128 Å². The number of carboxylic acids is 1. The van der Waals surface area contributed by atoms with Gasteiger partial charge in [0.05, 0.1) is 5.92 Å². The van der Waals surface area contributed by atoms with Gasteiger partial charge < -0.3 is 15.2 Å². The summed E-state index contributed by atoms with van der Waals surface area (Å²) in [5.74, 6) is -1.91. The van der Waals surface area contributed by atoms with Crippen molar-refractivity contribution in [3.05, 3.63) is 48.0 Å². The summed E-state index contributed by atoms with van der Waals surface area (Å²) >= 11 is 0. The molecule has 0 bridgehead atoms. The number of aliphatic carboxylic acids is 1. The van der Waals surface area contributed by atoms with E-state index in [1.54, 1.807) is 0 Å². The molecule has 2 rings (SSSR count). The molecular weight excluding hydrogens is 282 g/mol. The van der Waals surface area contributed by atoms with Crippen LogP contribution in [0.15, 0.2) is 42.5 Å². The number of methoxy groups -OCH3 is 1. The van der Waals surface area contributed by atoms with E-state index in [1.165, 1.54) is 7.11 Å². The third-order valence-corrected chi connectivity index (χ3v) is 3.52. The first kappa shape index (κ1) is 16.0. The van der Waals surface area contributed by atoms with Crippen LogP contribution in [0.5, 0.6) is 0 Å². The number of ether oxygens (including phenoxy) is 1. The fourth-order valence-corrected chi connectivity index (χ4v) is 2.40. The second-order valence-corrected chi connectivity index (χ2v) is 5.11. The van der Waals surface area contributed by atoms with Crippen molar-refractivity contribution in [2.24, 2.45) is 5.92 Å². The molecule has 0 radical (unpaired) electrons. The number of carbonyl (C=O) groups is 2. The number of hydrogen-bond acceptors (Lipinski definition) is 3. The van der Waals surface area contributed by atoms with Gasteiger partial charge in [-0.25, -0.2) is 0 Å². The number of carbonyl (C=O) groups excluding carboxylic acids is 1. The van der Waals surface area contributed by atoms with Crippen LogP contribution < -0.4 is 5.32 Å². The zero-order valence-electron chi connectivity index (χ0n) is 12.4. The molecule has 0 fully saturated rings. The smallest absolute Gasteiger partial charge is 0.308 e. The molecule has 2 N–H and O–H groups in total. The topological polar surface area (TPSA) is 75.6 Å². The van der Waals surface area contributed by atoms with Gasteiger partial charge in [-0.15, -0.1) is 0 Å². The maximum Gasteiger partial charge on any atom is 0.308 e. The number of carboxylic acid groups (broad SMARTS) is 1. The van der Waals surface area contributed by atoms with E-state index >= 15 is 0 Å². The van der Waals surface area contributed by atoms with Gasteiger partial charge in [-0.05, 0) is 22.8 Å². The average molecular weight is 301 g/mol. The van der Waals surface area contributed by atoms with Crippen molar-refractivity contribution in [3.8, 4) is 0 Å². The number of rotatable bonds is 7.